The zero-order valence-corrected chi connectivity index (χ0v) is 22.0. The summed E-state index contributed by atoms with van der Waals surface area (Å²) in [6.07, 6.45) is 1.60. The first kappa shape index (κ1) is 24.7. The van der Waals surface area contributed by atoms with Crippen molar-refractivity contribution in [3.8, 4) is 11.5 Å². The molecule has 0 bridgehead atoms. The predicted octanol–water partition coefficient (Wildman–Crippen LogP) is 5.93. The van der Waals surface area contributed by atoms with E-state index in [1.807, 2.05) is 0 Å². The lowest BCUT2D eigenvalue weighted by Crippen LogP contribution is -2.32. The number of hydrogen-bond acceptors (Lipinski definition) is 5. The summed E-state index contributed by atoms with van der Waals surface area (Å²) >= 11 is 12.8. The molecule has 34 heavy (non-hydrogen) atoms. The molecule has 4 aromatic rings. The van der Waals surface area contributed by atoms with E-state index < -0.39 is 21.8 Å². The molecule has 11 heteroatoms. The number of benzene rings is 3. The van der Waals surface area contributed by atoms with Crippen LogP contribution in [0.5, 0.6) is 11.5 Å². The lowest BCUT2D eigenvalue weighted by atomic mass is 10.1. The minimum Gasteiger partial charge on any atom is -0.480 e. The molecule has 0 unspecified atom stereocenters. The van der Waals surface area contributed by atoms with Gasteiger partial charge in [-0.1, -0.05) is 11.6 Å². The van der Waals surface area contributed by atoms with E-state index >= 15 is 0 Å². The van der Waals surface area contributed by atoms with E-state index in [0.717, 1.165) is 0 Å². The molecule has 176 valence electrons. The fraction of sp³-hybridized carbons (Fsp3) is 0.0870. The third-order valence-electron chi connectivity index (χ3n) is 5.08. The molecule has 3 aromatic carbocycles. The minimum absolute atomic E-state index is 0.117. The van der Waals surface area contributed by atoms with Gasteiger partial charge in [0.2, 0.25) is 9.84 Å². The van der Waals surface area contributed by atoms with Crippen LogP contribution in [0.3, 0.4) is 0 Å². The van der Waals surface area contributed by atoms with Gasteiger partial charge < -0.3 is 20.6 Å². The molecule has 0 aliphatic heterocycles. The van der Waals surface area contributed by atoms with Crippen molar-refractivity contribution in [3.63, 3.8) is 0 Å². The van der Waals surface area contributed by atoms with Crippen LogP contribution in [-0.2, 0) is 21.1 Å². The van der Waals surface area contributed by atoms with Crippen LogP contribution in [0, 0.1) is 0 Å². The van der Waals surface area contributed by atoms with E-state index in [4.69, 9.17) is 27.2 Å². The molecule has 0 aliphatic rings. The Balaban J connectivity index is 1.68. The number of H-pyrrole nitrogens is 1. The number of halogens is 3. The number of hydrogen-bond donors (Lipinski definition) is 3. The number of sulfone groups is 1. The van der Waals surface area contributed by atoms with Crippen molar-refractivity contribution >= 4 is 70.2 Å². The molecule has 1 atom stereocenters. The number of aromatic amines is 1. The highest BCUT2D eigenvalue weighted by Crippen LogP contribution is 2.39. The van der Waals surface area contributed by atoms with Gasteiger partial charge in [-0.15, -0.1) is 0 Å². The molecule has 0 saturated heterocycles. The smallest absolute Gasteiger partial charge is 0.320 e. The summed E-state index contributed by atoms with van der Waals surface area (Å²) in [6, 6.07) is 13.5. The normalized spacial score (nSPS) is 12.6. The maximum absolute atomic E-state index is 13.2. The Bertz CT molecular complexity index is 1480. The van der Waals surface area contributed by atoms with Gasteiger partial charge in [-0.25, -0.2) is 8.42 Å². The zero-order valence-electron chi connectivity index (χ0n) is 17.3. The number of carbonyl (C=O) groups is 1. The summed E-state index contributed by atoms with van der Waals surface area (Å²) in [5.41, 5.74) is 6.97. The minimum atomic E-state index is -3.79. The Morgan fingerprint density at radius 3 is 2.35 bits per heavy atom. The van der Waals surface area contributed by atoms with E-state index in [1.54, 1.807) is 30.3 Å². The average molecular weight is 629 g/mol. The second-order valence-electron chi connectivity index (χ2n) is 7.46. The predicted molar refractivity (Wildman–Crippen MR) is 136 cm³/mol. The monoisotopic (exact) mass is 626 g/mol. The van der Waals surface area contributed by atoms with Crippen molar-refractivity contribution in [2.24, 2.45) is 5.73 Å². The van der Waals surface area contributed by atoms with Crippen LogP contribution >= 0.6 is 43.5 Å². The van der Waals surface area contributed by atoms with Crippen LogP contribution < -0.4 is 10.5 Å². The fourth-order valence-electron chi connectivity index (χ4n) is 3.39. The molecule has 7 nitrogen and oxygen atoms in total. The quantitative estimate of drug-likeness (QED) is 0.233. The number of nitrogens with one attached hydrogen (secondary N) is 1. The van der Waals surface area contributed by atoms with Crippen molar-refractivity contribution in [3.05, 3.63) is 80.3 Å². The second-order valence-corrected chi connectivity index (χ2v) is 11.5. The van der Waals surface area contributed by atoms with Crippen LogP contribution in [0.1, 0.15) is 5.56 Å². The Kier molecular flexibility index (Phi) is 7.07. The zero-order chi connectivity index (χ0) is 24.6. The van der Waals surface area contributed by atoms with Gasteiger partial charge in [0.25, 0.3) is 0 Å². The van der Waals surface area contributed by atoms with Gasteiger partial charge in [-0.2, -0.15) is 0 Å². The lowest BCUT2D eigenvalue weighted by Gasteiger charge is -2.13. The first-order chi connectivity index (χ1) is 16.1. The second kappa shape index (κ2) is 9.71. The van der Waals surface area contributed by atoms with E-state index in [1.165, 1.54) is 30.5 Å². The summed E-state index contributed by atoms with van der Waals surface area (Å²) in [4.78, 5) is 14.3. The van der Waals surface area contributed by atoms with Crippen LogP contribution in [-0.4, -0.2) is 30.5 Å². The molecule has 0 spiro atoms. The Labute approximate surface area is 217 Å². The Hall–Kier alpha value is -2.37. The van der Waals surface area contributed by atoms with Gasteiger partial charge in [0, 0.05) is 22.1 Å². The molecule has 4 rings (SSSR count). The third-order valence-corrected chi connectivity index (χ3v) is 8.32. The van der Waals surface area contributed by atoms with Gasteiger partial charge in [0.05, 0.1) is 18.7 Å². The van der Waals surface area contributed by atoms with Gasteiger partial charge in [0.1, 0.15) is 11.8 Å². The number of aromatic nitrogens is 1. The molecule has 1 aromatic heterocycles. The third kappa shape index (κ3) is 5.01. The molecule has 4 N–H and O–H groups in total. The Morgan fingerprint density at radius 1 is 1.09 bits per heavy atom. The van der Waals surface area contributed by atoms with E-state index in [9.17, 15) is 13.2 Å². The number of ether oxygens (including phenoxy) is 1. The number of rotatable bonds is 7. The van der Waals surface area contributed by atoms with Crippen molar-refractivity contribution in [1.82, 2.24) is 4.98 Å². The number of carboxylic acids is 1. The molecule has 0 fully saturated rings. The molecule has 0 aliphatic carbocycles. The summed E-state index contributed by atoms with van der Waals surface area (Å²) in [6.45, 7) is 0. The molecule has 0 radical (unpaired) electrons. The standard InChI is InChI=1S/C23H17Br2ClN2O5S/c24-17-7-12(9-19(27)23(29)30)8-18(25)22(17)33-14-3-6-20-16(10-14)21(11-28-20)34(31,32)15-4-1-13(26)2-5-15/h1-8,10-11,19,28H,9,27H2,(H,29,30)/t19-/m1/s1. The van der Waals surface area contributed by atoms with E-state index in [0.29, 0.717) is 41.9 Å². The van der Waals surface area contributed by atoms with Gasteiger partial charge >= 0.3 is 5.97 Å². The summed E-state index contributed by atoms with van der Waals surface area (Å²) in [5, 5.41) is 9.96. The van der Waals surface area contributed by atoms with E-state index in [2.05, 4.69) is 36.8 Å². The SMILES string of the molecule is N[C@H](Cc1cc(Br)c(Oc2ccc3[nH]cc(S(=O)(=O)c4ccc(Cl)cc4)c3c2)c(Br)c1)C(=O)O. The van der Waals surface area contributed by atoms with Crippen molar-refractivity contribution in [1.29, 1.82) is 0 Å². The van der Waals surface area contributed by atoms with Crippen molar-refractivity contribution in [2.45, 2.75) is 22.3 Å². The average Bonchev–Trinajstić information content (AvgIpc) is 3.20. The summed E-state index contributed by atoms with van der Waals surface area (Å²) in [5.74, 6) is -0.225. The molecule has 0 amide bonds. The van der Waals surface area contributed by atoms with Crippen LogP contribution in [0.4, 0.5) is 0 Å². The first-order valence-corrected chi connectivity index (χ1v) is 13.3. The first-order valence-electron chi connectivity index (χ1n) is 9.82. The fourth-order valence-corrected chi connectivity index (χ4v) is 6.38. The summed E-state index contributed by atoms with van der Waals surface area (Å²) < 4.78 is 33.6. The van der Waals surface area contributed by atoms with Gasteiger partial charge in [-0.3, -0.25) is 4.79 Å². The van der Waals surface area contributed by atoms with Crippen molar-refractivity contribution < 1.29 is 23.1 Å². The molecule has 1 heterocycles. The number of fused-ring (bicyclic) bond motifs is 1. The molecular formula is C23H17Br2ClN2O5S. The largest absolute Gasteiger partial charge is 0.480 e. The van der Waals surface area contributed by atoms with Crippen LogP contribution in [0.15, 0.2) is 79.5 Å². The van der Waals surface area contributed by atoms with Gasteiger partial charge in [0.15, 0.2) is 5.75 Å². The van der Waals surface area contributed by atoms with Crippen molar-refractivity contribution in [2.75, 3.05) is 0 Å². The molecule has 0 saturated carbocycles. The van der Waals surface area contributed by atoms with Crippen LogP contribution in [0.2, 0.25) is 5.02 Å². The number of nitrogens with two attached hydrogens (primary N) is 1. The van der Waals surface area contributed by atoms with Crippen LogP contribution in [0.25, 0.3) is 10.9 Å². The lowest BCUT2D eigenvalue weighted by molar-refractivity contribution is -0.138. The van der Waals surface area contributed by atoms with E-state index in [-0.39, 0.29) is 16.2 Å². The number of aliphatic carboxylic acids is 1. The Morgan fingerprint density at radius 2 is 1.74 bits per heavy atom. The topological polar surface area (TPSA) is 122 Å². The summed E-state index contributed by atoms with van der Waals surface area (Å²) in [7, 11) is -3.79. The highest BCUT2D eigenvalue weighted by atomic mass is 79.9. The number of carboxylic acid groups (broad SMARTS) is 1. The highest BCUT2D eigenvalue weighted by Gasteiger charge is 2.22. The maximum Gasteiger partial charge on any atom is 0.320 e. The van der Waals surface area contributed by atoms with Gasteiger partial charge in [-0.05, 0) is 98.4 Å². The molecular weight excluding hydrogens is 612 g/mol. The highest BCUT2D eigenvalue weighted by molar-refractivity contribution is 9.11. The maximum atomic E-state index is 13.2.